The summed E-state index contributed by atoms with van der Waals surface area (Å²) >= 11 is 0. The molecule has 174 valence electrons. The predicted molar refractivity (Wildman–Crippen MR) is 122 cm³/mol. The summed E-state index contributed by atoms with van der Waals surface area (Å²) in [7, 11) is 0. The Bertz CT molecular complexity index is 878. The van der Waals surface area contributed by atoms with Gasteiger partial charge in [-0.3, -0.25) is 9.69 Å². The van der Waals surface area contributed by atoms with E-state index in [0.29, 0.717) is 11.6 Å². The highest BCUT2D eigenvalue weighted by molar-refractivity contribution is 5.76. The van der Waals surface area contributed by atoms with Gasteiger partial charge in [0, 0.05) is 56.5 Å². The van der Waals surface area contributed by atoms with Crippen molar-refractivity contribution in [2.24, 2.45) is 23.2 Å². The number of allylic oxidation sites excluding steroid dienone is 1. The van der Waals surface area contributed by atoms with Gasteiger partial charge in [0.1, 0.15) is 6.10 Å². The Hall–Kier alpha value is -1.93. The van der Waals surface area contributed by atoms with Crippen LogP contribution in [0, 0.1) is 28.4 Å². The number of nitrogens with one attached hydrogen (secondary N) is 1. The van der Waals surface area contributed by atoms with Crippen molar-refractivity contribution in [1.29, 1.82) is 0 Å². The molecule has 7 nitrogen and oxygen atoms in total. The van der Waals surface area contributed by atoms with Gasteiger partial charge in [-0.05, 0) is 42.7 Å². The van der Waals surface area contributed by atoms with Gasteiger partial charge in [-0.1, -0.05) is 31.9 Å². The van der Waals surface area contributed by atoms with Gasteiger partial charge in [-0.2, -0.15) is 5.23 Å². The molecular weight excluding hydrogens is 406 g/mol. The fraction of sp³-hybridized carbons (Fsp3) is 0.640. The van der Waals surface area contributed by atoms with E-state index in [0.717, 1.165) is 44.8 Å². The van der Waals surface area contributed by atoms with Crippen LogP contribution in [-0.4, -0.2) is 54.9 Å². The van der Waals surface area contributed by atoms with Gasteiger partial charge in [0.05, 0.1) is 5.92 Å². The van der Waals surface area contributed by atoms with E-state index in [9.17, 15) is 10.0 Å². The van der Waals surface area contributed by atoms with Crippen LogP contribution in [0.25, 0.3) is 0 Å². The number of hydrogen-bond acceptors (Lipinski definition) is 6. The van der Waals surface area contributed by atoms with E-state index in [4.69, 9.17) is 9.94 Å². The third-order valence-electron chi connectivity index (χ3n) is 8.39. The molecule has 2 aliphatic heterocycles. The van der Waals surface area contributed by atoms with Crippen molar-refractivity contribution < 1.29 is 20.0 Å². The number of hydrogen-bond donors (Lipinski definition) is 2. The van der Waals surface area contributed by atoms with Crippen LogP contribution in [0.3, 0.4) is 0 Å². The first-order valence-corrected chi connectivity index (χ1v) is 12.1. The lowest BCUT2D eigenvalue weighted by atomic mass is 9.59. The minimum atomic E-state index is -0.899. The zero-order chi connectivity index (χ0) is 22.5. The standard InChI is InChI=1S/C25H35N3O4/c1-17-4-3-9-25(2)15-23-20(14-22(17)25)21(24(29)32-23)16-26-10-12-27(13-11-26)18-5-7-19(8-6-18)28(30)31/h5-8,14,17,20-21,23,28,30H,3-4,9-13,15-16H2,1-2H3/t17-,20+,21?,23+,25+/m0/s1. The lowest BCUT2D eigenvalue weighted by Gasteiger charge is -2.46. The van der Waals surface area contributed by atoms with Gasteiger partial charge >= 0.3 is 5.97 Å². The first-order valence-electron chi connectivity index (χ1n) is 12.1. The molecule has 32 heavy (non-hydrogen) atoms. The molecule has 2 N–H and O–H groups in total. The lowest BCUT2D eigenvalue weighted by Crippen LogP contribution is -2.99. The topological polar surface area (TPSA) is 80.5 Å². The van der Waals surface area contributed by atoms with Gasteiger partial charge < -0.3 is 14.8 Å². The molecule has 2 saturated heterocycles. The highest BCUT2D eigenvalue weighted by atomic mass is 16.8. The maximum absolute atomic E-state index is 12.8. The molecule has 2 heterocycles. The molecule has 0 aromatic heterocycles. The number of carbonyl (C=O) groups is 1. The Morgan fingerprint density at radius 3 is 2.62 bits per heavy atom. The second-order valence-corrected chi connectivity index (χ2v) is 10.5. The minimum Gasteiger partial charge on any atom is -0.595 e. The van der Waals surface area contributed by atoms with Gasteiger partial charge in [-0.15, -0.1) is 0 Å². The smallest absolute Gasteiger partial charge is 0.311 e. The Morgan fingerprint density at radius 1 is 1.22 bits per heavy atom. The zero-order valence-corrected chi connectivity index (χ0v) is 19.1. The lowest BCUT2D eigenvalue weighted by molar-refractivity contribution is -0.991. The number of nitrogens with zero attached hydrogens (tertiary/aromatic N) is 2. The SMILES string of the molecule is C[C@H]1CCC[C@]2(C)C[C@H]3OC(=O)C(CN4CCN(c5ccc([NH+]([O-])O)cc5)CC4)[C@H]3C=C12. The van der Waals surface area contributed by atoms with E-state index in [1.54, 1.807) is 17.7 Å². The van der Waals surface area contributed by atoms with Gasteiger partial charge in [0.2, 0.25) is 0 Å². The maximum Gasteiger partial charge on any atom is 0.311 e. The number of esters is 1. The average Bonchev–Trinajstić information content (AvgIpc) is 3.06. The Morgan fingerprint density at radius 2 is 1.94 bits per heavy atom. The van der Waals surface area contributed by atoms with Crippen LogP contribution in [0.1, 0.15) is 39.5 Å². The fourth-order valence-corrected chi connectivity index (χ4v) is 6.54. The quantitative estimate of drug-likeness (QED) is 0.425. The molecule has 1 aromatic carbocycles. The van der Waals surface area contributed by atoms with Crippen LogP contribution in [-0.2, 0) is 9.53 Å². The van der Waals surface area contributed by atoms with Crippen molar-refractivity contribution in [3.63, 3.8) is 0 Å². The van der Waals surface area contributed by atoms with E-state index in [1.807, 2.05) is 12.1 Å². The number of piperazine rings is 1. The summed E-state index contributed by atoms with van der Waals surface area (Å²) in [6.07, 6.45) is 7.20. The molecule has 5 rings (SSSR count). The largest absolute Gasteiger partial charge is 0.595 e. The molecule has 1 aromatic rings. The van der Waals surface area contributed by atoms with Crippen LogP contribution in [0.5, 0.6) is 0 Å². The maximum atomic E-state index is 12.8. The molecule has 4 aliphatic rings. The first kappa shape index (κ1) is 21.9. The van der Waals surface area contributed by atoms with Crippen molar-refractivity contribution in [2.45, 2.75) is 45.6 Å². The Labute approximate surface area is 190 Å². The zero-order valence-electron chi connectivity index (χ0n) is 19.1. The summed E-state index contributed by atoms with van der Waals surface area (Å²) in [5, 5.41) is 19.3. The van der Waals surface area contributed by atoms with Crippen molar-refractivity contribution in [2.75, 3.05) is 37.6 Å². The van der Waals surface area contributed by atoms with E-state index >= 15 is 0 Å². The normalized spacial score (nSPS) is 36.2. The number of fused-ring (bicyclic) bond motifs is 2. The summed E-state index contributed by atoms with van der Waals surface area (Å²) in [5.41, 5.74) is 3.14. The predicted octanol–water partition coefficient (Wildman–Crippen LogP) is 2.53. The summed E-state index contributed by atoms with van der Waals surface area (Å²) in [4.78, 5) is 17.5. The number of rotatable bonds is 4. The van der Waals surface area contributed by atoms with Crippen LogP contribution < -0.4 is 10.1 Å². The van der Waals surface area contributed by atoms with Crippen LogP contribution in [0.2, 0.25) is 0 Å². The van der Waals surface area contributed by atoms with Crippen molar-refractivity contribution in [1.82, 2.24) is 4.90 Å². The second kappa shape index (κ2) is 8.45. The van der Waals surface area contributed by atoms with E-state index < -0.39 is 5.23 Å². The number of ether oxygens (including phenoxy) is 1. The van der Waals surface area contributed by atoms with Crippen LogP contribution in [0.15, 0.2) is 35.9 Å². The minimum absolute atomic E-state index is 0.0153. The van der Waals surface area contributed by atoms with Crippen LogP contribution >= 0.6 is 0 Å². The summed E-state index contributed by atoms with van der Waals surface area (Å²) < 4.78 is 5.92. The number of anilines is 1. The highest BCUT2D eigenvalue weighted by Crippen LogP contribution is 2.54. The monoisotopic (exact) mass is 441 g/mol. The van der Waals surface area contributed by atoms with Crippen molar-refractivity contribution in [3.8, 4) is 0 Å². The third kappa shape index (κ3) is 3.96. The molecule has 7 heteroatoms. The molecule has 1 saturated carbocycles. The third-order valence-corrected chi connectivity index (χ3v) is 8.39. The summed E-state index contributed by atoms with van der Waals surface area (Å²) in [6, 6.07) is 7.09. The average molecular weight is 442 g/mol. The Balaban J connectivity index is 1.23. The number of benzene rings is 1. The molecule has 0 bridgehead atoms. The molecule has 2 unspecified atom stereocenters. The number of carbonyl (C=O) groups excluding carboxylic acids is 1. The van der Waals surface area contributed by atoms with Gasteiger partial charge in [0.25, 0.3) is 0 Å². The fourth-order valence-electron chi connectivity index (χ4n) is 6.54. The van der Waals surface area contributed by atoms with E-state index in [1.165, 1.54) is 19.3 Å². The molecular formula is C25H35N3O4. The first-order chi connectivity index (χ1) is 15.3. The van der Waals surface area contributed by atoms with Gasteiger partial charge in [-0.25, -0.2) is 5.21 Å². The van der Waals surface area contributed by atoms with E-state index in [-0.39, 0.29) is 29.3 Å². The van der Waals surface area contributed by atoms with Gasteiger partial charge in [0.15, 0.2) is 5.69 Å². The molecule has 0 radical (unpaired) electrons. The molecule has 2 aliphatic carbocycles. The molecule has 6 atom stereocenters. The van der Waals surface area contributed by atoms with E-state index in [2.05, 4.69) is 29.7 Å². The van der Waals surface area contributed by atoms with Crippen molar-refractivity contribution in [3.05, 3.63) is 41.1 Å². The molecule has 3 fully saturated rings. The number of quaternary nitrogens is 1. The van der Waals surface area contributed by atoms with Crippen LogP contribution in [0.4, 0.5) is 11.4 Å². The van der Waals surface area contributed by atoms with Crippen molar-refractivity contribution >= 4 is 17.3 Å². The second-order valence-electron chi connectivity index (χ2n) is 10.5. The molecule has 0 amide bonds. The summed E-state index contributed by atoms with van der Waals surface area (Å²) in [5.74, 6) is 0.751. The summed E-state index contributed by atoms with van der Waals surface area (Å²) in [6.45, 7) is 9.02. The molecule has 0 spiro atoms. The Kier molecular flexibility index (Phi) is 5.78. The highest BCUT2D eigenvalue weighted by Gasteiger charge is 2.52.